The molecule has 0 saturated carbocycles. The van der Waals surface area contributed by atoms with Gasteiger partial charge in [-0.15, -0.1) is 11.6 Å². The normalized spacial score (nSPS) is 20.1. The van der Waals surface area contributed by atoms with Gasteiger partial charge < -0.3 is 4.74 Å². The number of sulfonamides is 1. The van der Waals surface area contributed by atoms with Crippen molar-refractivity contribution in [3.05, 3.63) is 0 Å². The molecule has 0 N–H and O–H groups in total. The molecule has 1 saturated heterocycles. The van der Waals surface area contributed by atoms with Gasteiger partial charge in [-0.2, -0.15) is 4.31 Å². The quantitative estimate of drug-likeness (QED) is 0.629. The van der Waals surface area contributed by atoms with E-state index in [1.165, 1.54) is 11.4 Å². The monoisotopic (exact) mass is 270 g/mol. The highest BCUT2D eigenvalue weighted by atomic mass is 35.5. The Labute approximate surface area is 102 Å². The van der Waals surface area contributed by atoms with Gasteiger partial charge in [-0.1, -0.05) is 0 Å². The van der Waals surface area contributed by atoms with Crippen LogP contribution in [0.3, 0.4) is 0 Å². The second kappa shape index (κ2) is 6.76. The van der Waals surface area contributed by atoms with Crippen molar-refractivity contribution in [2.24, 2.45) is 0 Å². The summed E-state index contributed by atoms with van der Waals surface area (Å²) in [5.74, 6) is 0.662. The Morgan fingerprint density at radius 2 is 1.88 bits per heavy atom. The minimum absolute atomic E-state index is 0.0685. The molecule has 0 unspecified atom stereocenters. The van der Waals surface area contributed by atoms with Crippen LogP contribution in [-0.4, -0.2) is 75.7 Å². The maximum absolute atomic E-state index is 11.8. The number of piperazine rings is 1. The largest absolute Gasteiger partial charge is 0.384 e. The van der Waals surface area contributed by atoms with Crippen molar-refractivity contribution in [3.8, 4) is 0 Å². The van der Waals surface area contributed by atoms with E-state index in [0.29, 0.717) is 19.0 Å². The van der Waals surface area contributed by atoms with E-state index in [0.717, 1.165) is 19.6 Å². The number of hydrogen-bond donors (Lipinski definition) is 0. The lowest BCUT2D eigenvalue weighted by atomic mass is 10.4. The van der Waals surface area contributed by atoms with Crippen LogP contribution < -0.4 is 0 Å². The predicted octanol–water partition coefficient (Wildman–Crippen LogP) is -0.181. The molecule has 0 aliphatic carbocycles. The van der Waals surface area contributed by atoms with Crippen molar-refractivity contribution in [3.63, 3.8) is 0 Å². The van der Waals surface area contributed by atoms with Gasteiger partial charge in [0.15, 0.2) is 0 Å². The third kappa shape index (κ3) is 4.18. The standard InChI is InChI=1S/C9H19ClN2O3S/c1-15-8-9-16(13,14)12-6-4-11(3-2-10)5-7-12/h2-9H2,1H3. The fourth-order valence-corrected chi connectivity index (χ4v) is 3.26. The first kappa shape index (κ1) is 14.2. The van der Waals surface area contributed by atoms with Gasteiger partial charge >= 0.3 is 0 Å². The summed E-state index contributed by atoms with van der Waals surface area (Å²) in [7, 11) is -1.63. The van der Waals surface area contributed by atoms with Crippen molar-refractivity contribution >= 4 is 21.6 Å². The molecule has 1 heterocycles. The molecule has 0 aromatic heterocycles. The van der Waals surface area contributed by atoms with Crippen LogP contribution in [0.25, 0.3) is 0 Å². The van der Waals surface area contributed by atoms with Gasteiger partial charge in [0, 0.05) is 45.7 Å². The Balaban J connectivity index is 2.40. The van der Waals surface area contributed by atoms with Crippen LogP contribution in [0.15, 0.2) is 0 Å². The Kier molecular flexibility index (Phi) is 5.99. The first-order valence-corrected chi connectivity index (χ1v) is 7.49. The summed E-state index contributed by atoms with van der Waals surface area (Å²) in [6, 6.07) is 0. The van der Waals surface area contributed by atoms with E-state index in [2.05, 4.69) is 4.90 Å². The van der Waals surface area contributed by atoms with Crippen molar-refractivity contribution in [1.82, 2.24) is 9.21 Å². The number of ether oxygens (including phenoxy) is 1. The molecular formula is C9H19ClN2O3S. The van der Waals surface area contributed by atoms with Gasteiger partial charge in [0.05, 0.1) is 12.4 Å². The summed E-state index contributed by atoms with van der Waals surface area (Å²) in [4.78, 5) is 2.18. The molecular weight excluding hydrogens is 252 g/mol. The van der Waals surface area contributed by atoms with Crippen LogP contribution in [0.2, 0.25) is 0 Å². The molecule has 16 heavy (non-hydrogen) atoms. The van der Waals surface area contributed by atoms with Crippen LogP contribution in [0, 0.1) is 0 Å². The van der Waals surface area contributed by atoms with Crippen molar-refractivity contribution < 1.29 is 13.2 Å². The Morgan fingerprint density at radius 1 is 1.25 bits per heavy atom. The highest BCUT2D eigenvalue weighted by molar-refractivity contribution is 7.89. The highest BCUT2D eigenvalue weighted by Gasteiger charge is 2.26. The third-order valence-corrected chi connectivity index (χ3v) is 4.67. The molecule has 0 spiro atoms. The molecule has 96 valence electrons. The number of methoxy groups -OCH3 is 1. The number of nitrogens with zero attached hydrogens (tertiary/aromatic N) is 2. The summed E-state index contributed by atoms with van der Waals surface area (Å²) >= 11 is 5.64. The molecule has 0 bridgehead atoms. The Hall–Kier alpha value is 0.120. The van der Waals surface area contributed by atoms with Gasteiger partial charge in [0.1, 0.15) is 0 Å². The molecule has 0 radical (unpaired) electrons. The number of rotatable bonds is 6. The molecule has 0 aromatic rings. The summed E-state index contributed by atoms with van der Waals surface area (Å²) < 4.78 is 30.0. The summed E-state index contributed by atoms with van der Waals surface area (Å²) in [5.41, 5.74) is 0. The van der Waals surface area contributed by atoms with Gasteiger partial charge in [-0.3, -0.25) is 4.90 Å². The minimum Gasteiger partial charge on any atom is -0.384 e. The second-order valence-electron chi connectivity index (χ2n) is 3.74. The average molecular weight is 271 g/mol. The molecule has 7 heteroatoms. The lowest BCUT2D eigenvalue weighted by Gasteiger charge is -2.33. The number of hydrogen-bond acceptors (Lipinski definition) is 4. The minimum atomic E-state index is -3.14. The van der Waals surface area contributed by atoms with Crippen molar-refractivity contribution in [2.45, 2.75) is 0 Å². The van der Waals surface area contributed by atoms with E-state index < -0.39 is 10.0 Å². The van der Waals surface area contributed by atoms with Crippen LogP contribution in [0.4, 0.5) is 0 Å². The summed E-state index contributed by atoms with van der Waals surface area (Å²) in [5, 5.41) is 0. The van der Waals surface area contributed by atoms with E-state index in [9.17, 15) is 8.42 Å². The maximum atomic E-state index is 11.8. The first-order valence-electron chi connectivity index (χ1n) is 5.35. The predicted molar refractivity (Wildman–Crippen MR) is 64.4 cm³/mol. The van der Waals surface area contributed by atoms with Crippen LogP contribution in [0.1, 0.15) is 0 Å². The lowest BCUT2D eigenvalue weighted by molar-refractivity contribution is 0.192. The number of alkyl halides is 1. The Bertz CT molecular complexity index is 289. The molecule has 1 aliphatic heterocycles. The van der Waals surface area contributed by atoms with E-state index in [1.807, 2.05) is 0 Å². The molecule has 5 nitrogen and oxygen atoms in total. The lowest BCUT2D eigenvalue weighted by Crippen LogP contribution is -2.49. The molecule has 1 rings (SSSR count). The first-order chi connectivity index (χ1) is 7.60. The van der Waals surface area contributed by atoms with Crippen LogP contribution in [-0.2, 0) is 14.8 Å². The van der Waals surface area contributed by atoms with E-state index in [4.69, 9.17) is 16.3 Å². The van der Waals surface area contributed by atoms with Crippen LogP contribution >= 0.6 is 11.6 Å². The van der Waals surface area contributed by atoms with Gasteiger partial charge in [-0.05, 0) is 0 Å². The Morgan fingerprint density at radius 3 is 2.38 bits per heavy atom. The maximum Gasteiger partial charge on any atom is 0.216 e. The zero-order valence-electron chi connectivity index (χ0n) is 9.56. The molecule has 0 amide bonds. The summed E-state index contributed by atoms with van der Waals surface area (Å²) in [6.07, 6.45) is 0. The van der Waals surface area contributed by atoms with Crippen molar-refractivity contribution in [1.29, 1.82) is 0 Å². The van der Waals surface area contributed by atoms with E-state index in [-0.39, 0.29) is 12.4 Å². The average Bonchev–Trinajstić information content (AvgIpc) is 2.28. The highest BCUT2D eigenvalue weighted by Crippen LogP contribution is 2.08. The van der Waals surface area contributed by atoms with Crippen LogP contribution in [0.5, 0.6) is 0 Å². The molecule has 1 aliphatic rings. The smallest absolute Gasteiger partial charge is 0.216 e. The van der Waals surface area contributed by atoms with Gasteiger partial charge in [0.2, 0.25) is 10.0 Å². The molecule has 0 aromatic carbocycles. The van der Waals surface area contributed by atoms with Crippen molar-refractivity contribution in [2.75, 3.05) is 58.1 Å². The summed E-state index contributed by atoms with van der Waals surface area (Å²) in [6.45, 7) is 3.72. The fourth-order valence-electron chi connectivity index (χ4n) is 1.67. The van der Waals surface area contributed by atoms with Gasteiger partial charge in [-0.25, -0.2) is 8.42 Å². The topological polar surface area (TPSA) is 49.9 Å². The number of halogens is 1. The second-order valence-corrected chi connectivity index (χ2v) is 6.20. The molecule has 1 fully saturated rings. The SMILES string of the molecule is COCCS(=O)(=O)N1CCN(CCCl)CC1. The third-order valence-electron chi connectivity index (χ3n) is 2.67. The zero-order chi connectivity index (χ0) is 12.0. The van der Waals surface area contributed by atoms with E-state index >= 15 is 0 Å². The zero-order valence-corrected chi connectivity index (χ0v) is 11.1. The van der Waals surface area contributed by atoms with Gasteiger partial charge in [0.25, 0.3) is 0 Å². The molecule has 0 atom stereocenters. The fraction of sp³-hybridized carbons (Fsp3) is 1.00. The van der Waals surface area contributed by atoms with E-state index in [1.54, 1.807) is 0 Å².